The molecule has 114 valence electrons. The van der Waals surface area contributed by atoms with E-state index in [1.165, 1.54) is 12.1 Å². The number of hydrogen-bond donors (Lipinski definition) is 1. The van der Waals surface area contributed by atoms with E-state index in [0.29, 0.717) is 13.2 Å². The second kappa shape index (κ2) is 7.18. The molecule has 0 bridgehead atoms. The minimum absolute atomic E-state index is 0.226. The molecule has 0 aromatic heterocycles. The van der Waals surface area contributed by atoms with Gasteiger partial charge in [0.1, 0.15) is 11.7 Å². The van der Waals surface area contributed by atoms with Crippen molar-refractivity contribution in [3.8, 4) is 0 Å². The van der Waals surface area contributed by atoms with E-state index >= 15 is 0 Å². The fraction of sp³-hybridized carbons (Fsp3) is 0.278. The van der Waals surface area contributed by atoms with E-state index in [2.05, 4.69) is 22.4 Å². The van der Waals surface area contributed by atoms with Crippen LogP contribution in [-0.4, -0.2) is 18.9 Å². The molecule has 22 heavy (non-hydrogen) atoms. The molecule has 1 aliphatic rings. The third-order valence-electron chi connectivity index (χ3n) is 3.61. The van der Waals surface area contributed by atoms with Crippen LogP contribution < -0.4 is 5.32 Å². The fourth-order valence-corrected chi connectivity index (χ4v) is 2.45. The highest BCUT2D eigenvalue weighted by molar-refractivity contribution is 6.00. The van der Waals surface area contributed by atoms with Crippen molar-refractivity contribution in [1.82, 2.24) is 5.32 Å². The predicted molar refractivity (Wildman–Crippen MR) is 85.4 cm³/mol. The lowest BCUT2D eigenvalue weighted by Crippen LogP contribution is -2.31. The molecule has 0 spiro atoms. The molecule has 4 heteroatoms. The predicted octanol–water partition coefficient (Wildman–Crippen LogP) is 3.28. The molecule has 3 rings (SSSR count). The van der Waals surface area contributed by atoms with E-state index in [4.69, 9.17) is 4.74 Å². The summed E-state index contributed by atoms with van der Waals surface area (Å²) in [7, 11) is 0. The Balaban J connectivity index is 1.65. The summed E-state index contributed by atoms with van der Waals surface area (Å²) in [6.45, 7) is 2.81. The van der Waals surface area contributed by atoms with Gasteiger partial charge in [0.05, 0.1) is 13.2 Å². The number of ether oxygens (including phenoxy) is 1. The van der Waals surface area contributed by atoms with E-state index in [0.717, 1.165) is 42.0 Å². The third kappa shape index (κ3) is 3.71. The molecule has 1 N–H and O–H groups in total. The van der Waals surface area contributed by atoms with Gasteiger partial charge in [0.2, 0.25) is 0 Å². The lowest BCUT2D eigenvalue weighted by atomic mass is 10.1. The first kappa shape index (κ1) is 14.7. The molecule has 0 saturated carbocycles. The largest absolute Gasteiger partial charge is 0.372 e. The first-order chi connectivity index (χ1) is 10.8. The number of rotatable bonds is 5. The first-order valence-corrected chi connectivity index (χ1v) is 7.52. The molecule has 1 aliphatic heterocycles. The van der Waals surface area contributed by atoms with Crippen molar-refractivity contribution < 1.29 is 9.13 Å². The highest BCUT2D eigenvalue weighted by atomic mass is 19.1. The SMILES string of the molecule is Fc1ccc(COCc2ccccc2C2=NCCCN2)cc1. The van der Waals surface area contributed by atoms with Crippen LogP contribution in [0.15, 0.2) is 53.5 Å². The lowest BCUT2D eigenvalue weighted by molar-refractivity contribution is 0.107. The van der Waals surface area contributed by atoms with E-state index in [1.54, 1.807) is 12.1 Å². The maximum atomic E-state index is 12.9. The summed E-state index contributed by atoms with van der Waals surface area (Å²) in [6, 6.07) is 14.5. The van der Waals surface area contributed by atoms with Gasteiger partial charge in [-0.1, -0.05) is 36.4 Å². The second-order valence-electron chi connectivity index (χ2n) is 5.29. The molecular weight excluding hydrogens is 279 g/mol. The van der Waals surface area contributed by atoms with Crippen LogP contribution >= 0.6 is 0 Å². The van der Waals surface area contributed by atoms with Gasteiger partial charge in [-0.25, -0.2) is 4.39 Å². The van der Waals surface area contributed by atoms with Crippen molar-refractivity contribution in [3.63, 3.8) is 0 Å². The van der Waals surface area contributed by atoms with Gasteiger partial charge in [-0.05, 0) is 29.7 Å². The molecule has 2 aromatic rings. The van der Waals surface area contributed by atoms with Gasteiger partial charge in [-0.2, -0.15) is 0 Å². The Morgan fingerprint density at radius 3 is 2.64 bits per heavy atom. The van der Waals surface area contributed by atoms with Crippen molar-refractivity contribution >= 4 is 5.84 Å². The Bertz CT molecular complexity index is 652. The normalized spacial score (nSPS) is 14.3. The summed E-state index contributed by atoms with van der Waals surface area (Å²) in [4.78, 5) is 4.54. The number of nitrogens with zero attached hydrogens (tertiary/aromatic N) is 1. The number of benzene rings is 2. The molecule has 0 atom stereocenters. The van der Waals surface area contributed by atoms with Gasteiger partial charge >= 0.3 is 0 Å². The highest BCUT2D eigenvalue weighted by Gasteiger charge is 2.11. The summed E-state index contributed by atoms with van der Waals surface area (Å²) in [5.41, 5.74) is 3.17. The maximum Gasteiger partial charge on any atom is 0.128 e. The van der Waals surface area contributed by atoms with Crippen LogP contribution in [0, 0.1) is 5.82 Å². The molecule has 0 unspecified atom stereocenters. The van der Waals surface area contributed by atoms with E-state index < -0.39 is 0 Å². The minimum atomic E-state index is -0.226. The van der Waals surface area contributed by atoms with Crippen molar-refractivity contribution in [3.05, 3.63) is 71.0 Å². The van der Waals surface area contributed by atoms with E-state index in [1.807, 2.05) is 12.1 Å². The minimum Gasteiger partial charge on any atom is -0.372 e. The Labute approximate surface area is 129 Å². The summed E-state index contributed by atoms with van der Waals surface area (Å²) < 4.78 is 18.6. The Kier molecular flexibility index (Phi) is 4.81. The van der Waals surface area contributed by atoms with Gasteiger partial charge < -0.3 is 10.1 Å². The standard InChI is InChI=1S/C18H19FN2O/c19-16-8-6-14(7-9-16)12-22-13-15-4-1-2-5-17(15)18-20-10-3-11-21-18/h1-2,4-9H,3,10-13H2,(H,20,21). The maximum absolute atomic E-state index is 12.9. The summed E-state index contributed by atoms with van der Waals surface area (Å²) in [6.07, 6.45) is 1.08. The van der Waals surface area contributed by atoms with Gasteiger partial charge in [0, 0.05) is 18.7 Å². The van der Waals surface area contributed by atoms with Gasteiger partial charge in [0.15, 0.2) is 0 Å². The molecule has 3 nitrogen and oxygen atoms in total. The van der Waals surface area contributed by atoms with Crippen LogP contribution in [-0.2, 0) is 18.0 Å². The van der Waals surface area contributed by atoms with Gasteiger partial charge in [0.25, 0.3) is 0 Å². The summed E-state index contributed by atoms with van der Waals surface area (Å²) >= 11 is 0. The molecule has 0 saturated heterocycles. The molecule has 0 amide bonds. The molecule has 0 radical (unpaired) electrons. The quantitative estimate of drug-likeness (QED) is 0.919. The van der Waals surface area contributed by atoms with Crippen molar-refractivity contribution in [1.29, 1.82) is 0 Å². The van der Waals surface area contributed by atoms with Crippen LogP contribution in [0.2, 0.25) is 0 Å². The average Bonchev–Trinajstić information content (AvgIpc) is 2.58. The monoisotopic (exact) mass is 298 g/mol. The second-order valence-corrected chi connectivity index (χ2v) is 5.29. The Hall–Kier alpha value is -2.20. The number of nitrogens with one attached hydrogen (secondary N) is 1. The van der Waals surface area contributed by atoms with Crippen LogP contribution in [0.1, 0.15) is 23.1 Å². The van der Waals surface area contributed by atoms with Crippen LogP contribution in [0.3, 0.4) is 0 Å². The van der Waals surface area contributed by atoms with Crippen molar-refractivity contribution in [2.24, 2.45) is 4.99 Å². The lowest BCUT2D eigenvalue weighted by Gasteiger charge is -2.17. The van der Waals surface area contributed by atoms with Crippen LogP contribution in [0.5, 0.6) is 0 Å². The van der Waals surface area contributed by atoms with Crippen molar-refractivity contribution in [2.75, 3.05) is 13.1 Å². The van der Waals surface area contributed by atoms with Gasteiger partial charge in [-0.15, -0.1) is 0 Å². The zero-order valence-electron chi connectivity index (χ0n) is 12.4. The van der Waals surface area contributed by atoms with Crippen LogP contribution in [0.4, 0.5) is 4.39 Å². The molecule has 2 aromatic carbocycles. The molecular formula is C18H19FN2O. The third-order valence-corrected chi connectivity index (χ3v) is 3.61. The van der Waals surface area contributed by atoms with E-state index in [-0.39, 0.29) is 5.82 Å². The van der Waals surface area contributed by atoms with E-state index in [9.17, 15) is 4.39 Å². The van der Waals surface area contributed by atoms with Crippen molar-refractivity contribution in [2.45, 2.75) is 19.6 Å². The Morgan fingerprint density at radius 1 is 1.05 bits per heavy atom. The molecule has 0 fully saturated rings. The average molecular weight is 298 g/mol. The number of amidine groups is 1. The zero-order chi connectivity index (χ0) is 15.2. The highest BCUT2D eigenvalue weighted by Crippen LogP contribution is 2.14. The Morgan fingerprint density at radius 2 is 1.86 bits per heavy atom. The first-order valence-electron chi connectivity index (χ1n) is 7.52. The topological polar surface area (TPSA) is 33.6 Å². The summed E-state index contributed by atoms with van der Waals surface area (Å²) in [5.74, 6) is 0.725. The fourth-order valence-electron chi connectivity index (χ4n) is 2.45. The van der Waals surface area contributed by atoms with Gasteiger partial charge in [-0.3, -0.25) is 4.99 Å². The zero-order valence-corrected chi connectivity index (χ0v) is 12.4. The number of hydrogen-bond acceptors (Lipinski definition) is 3. The van der Waals surface area contributed by atoms with Crippen LogP contribution in [0.25, 0.3) is 0 Å². The summed E-state index contributed by atoms with van der Waals surface area (Å²) in [5, 5.41) is 3.34. The molecule has 1 heterocycles. The number of halogens is 1. The molecule has 0 aliphatic carbocycles. The smallest absolute Gasteiger partial charge is 0.128 e. The number of aliphatic imine (C=N–C) groups is 1.